The van der Waals surface area contributed by atoms with E-state index >= 15 is 0 Å². The van der Waals surface area contributed by atoms with E-state index in [1.165, 1.54) is 21.1 Å². The van der Waals surface area contributed by atoms with E-state index in [-0.39, 0.29) is 5.97 Å². The van der Waals surface area contributed by atoms with Crippen LogP contribution in [0, 0.1) is 10.5 Å². The first-order valence-electron chi connectivity index (χ1n) is 5.72. The standard InChI is InChI=1S/C15H13IO2S/c1-10-9-13(7-8-14(10)16)19-12-5-3-11(4-6-12)15(17)18-2/h3-9H,1-2H3. The highest BCUT2D eigenvalue weighted by molar-refractivity contribution is 14.1. The molecule has 0 amide bonds. The Hall–Kier alpha value is -1.01. The highest BCUT2D eigenvalue weighted by Crippen LogP contribution is 2.29. The summed E-state index contributed by atoms with van der Waals surface area (Å²) in [5.74, 6) is -0.304. The number of rotatable bonds is 3. The average Bonchev–Trinajstić information content (AvgIpc) is 2.43. The Labute approximate surface area is 130 Å². The van der Waals surface area contributed by atoms with Gasteiger partial charge >= 0.3 is 5.97 Å². The third-order valence-corrected chi connectivity index (χ3v) is 4.85. The summed E-state index contributed by atoms with van der Waals surface area (Å²) in [5, 5.41) is 0. The Morgan fingerprint density at radius 1 is 1.11 bits per heavy atom. The van der Waals surface area contributed by atoms with Crippen molar-refractivity contribution >= 4 is 40.3 Å². The summed E-state index contributed by atoms with van der Waals surface area (Å²) in [5.41, 5.74) is 1.85. The SMILES string of the molecule is COC(=O)c1ccc(Sc2ccc(I)c(C)c2)cc1. The molecule has 0 aliphatic carbocycles. The van der Waals surface area contributed by atoms with Gasteiger partial charge in [0, 0.05) is 13.4 Å². The number of hydrogen-bond acceptors (Lipinski definition) is 3. The van der Waals surface area contributed by atoms with E-state index in [0.717, 1.165) is 4.90 Å². The molecule has 0 saturated heterocycles. The van der Waals surface area contributed by atoms with Crippen molar-refractivity contribution in [3.63, 3.8) is 0 Å². The monoisotopic (exact) mass is 384 g/mol. The topological polar surface area (TPSA) is 26.3 Å². The van der Waals surface area contributed by atoms with Crippen LogP contribution >= 0.6 is 34.4 Å². The minimum absolute atomic E-state index is 0.304. The predicted molar refractivity (Wildman–Crippen MR) is 85.8 cm³/mol. The van der Waals surface area contributed by atoms with Gasteiger partial charge in [-0.05, 0) is 77.5 Å². The quantitative estimate of drug-likeness (QED) is 0.574. The summed E-state index contributed by atoms with van der Waals surface area (Å²) in [6, 6.07) is 13.8. The molecular weight excluding hydrogens is 371 g/mol. The van der Waals surface area contributed by atoms with Gasteiger partial charge < -0.3 is 4.74 Å². The van der Waals surface area contributed by atoms with Gasteiger partial charge in [0.05, 0.1) is 12.7 Å². The molecule has 0 heterocycles. The highest BCUT2D eigenvalue weighted by Gasteiger charge is 2.05. The molecule has 0 fully saturated rings. The van der Waals surface area contributed by atoms with Crippen molar-refractivity contribution in [2.24, 2.45) is 0 Å². The van der Waals surface area contributed by atoms with E-state index in [0.29, 0.717) is 5.56 Å². The van der Waals surface area contributed by atoms with Crippen LogP contribution in [0.4, 0.5) is 0 Å². The van der Waals surface area contributed by atoms with Gasteiger partial charge in [-0.3, -0.25) is 0 Å². The van der Waals surface area contributed by atoms with Crippen molar-refractivity contribution in [2.45, 2.75) is 16.7 Å². The van der Waals surface area contributed by atoms with Crippen LogP contribution in [0.1, 0.15) is 15.9 Å². The van der Waals surface area contributed by atoms with Crippen LogP contribution in [0.2, 0.25) is 0 Å². The third kappa shape index (κ3) is 3.73. The molecule has 0 aliphatic rings. The number of carbonyl (C=O) groups is 1. The van der Waals surface area contributed by atoms with Crippen LogP contribution in [0.15, 0.2) is 52.3 Å². The normalized spacial score (nSPS) is 10.3. The number of benzene rings is 2. The third-order valence-electron chi connectivity index (χ3n) is 2.64. The van der Waals surface area contributed by atoms with Gasteiger partial charge in [0.15, 0.2) is 0 Å². The van der Waals surface area contributed by atoms with Crippen LogP contribution in [0.25, 0.3) is 0 Å². The Morgan fingerprint density at radius 3 is 2.32 bits per heavy atom. The van der Waals surface area contributed by atoms with E-state index in [4.69, 9.17) is 0 Å². The van der Waals surface area contributed by atoms with Gasteiger partial charge in [-0.1, -0.05) is 11.8 Å². The number of esters is 1. The fourth-order valence-electron chi connectivity index (χ4n) is 1.59. The molecular formula is C15H13IO2S. The van der Waals surface area contributed by atoms with E-state index in [9.17, 15) is 4.79 Å². The molecule has 0 unspecified atom stereocenters. The summed E-state index contributed by atoms with van der Waals surface area (Å²) in [6.07, 6.45) is 0. The number of aryl methyl sites for hydroxylation is 1. The maximum atomic E-state index is 11.3. The molecule has 19 heavy (non-hydrogen) atoms. The van der Waals surface area contributed by atoms with E-state index in [2.05, 4.69) is 52.5 Å². The molecule has 0 aromatic heterocycles. The lowest BCUT2D eigenvalue weighted by molar-refractivity contribution is 0.0600. The van der Waals surface area contributed by atoms with Gasteiger partial charge in [-0.15, -0.1) is 0 Å². The lowest BCUT2D eigenvalue weighted by atomic mass is 10.2. The van der Waals surface area contributed by atoms with Crippen LogP contribution in [-0.2, 0) is 4.74 Å². The molecule has 0 atom stereocenters. The lowest BCUT2D eigenvalue weighted by Gasteiger charge is -2.05. The van der Waals surface area contributed by atoms with Crippen LogP contribution in [0.3, 0.4) is 0 Å². The Balaban J connectivity index is 2.15. The Morgan fingerprint density at radius 2 is 1.74 bits per heavy atom. The summed E-state index contributed by atoms with van der Waals surface area (Å²) in [6.45, 7) is 2.10. The Kier molecular flexibility index (Phi) is 4.87. The number of carbonyl (C=O) groups excluding carboxylic acids is 1. The van der Waals surface area contributed by atoms with E-state index in [1.54, 1.807) is 23.9 Å². The summed E-state index contributed by atoms with van der Waals surface area (Å²) < 4.78 is 5.94. The van der Waals surface area contributed by atoms with Gasteiger partial charge in [-0.25, -0.2) is 4.79 Å². The molecule has 0 radical (unpaired) electrons. The molecule has 2 aromatic rings. The van der Waals surface area contributed by atoms with Crippen LogP contribution in [-0.4, -0.2) is 13.1 Å². The number of methoxy groups -OCH3 is 1. The van der Waals surface area contributed by atoms with Gasteiger partial charge in [-0.2, -0.15) is 0 Å². The van der Waals surface area contributed by atoms with E-state index in [1.807, 2.05) is 12.1 Å². The van der Waals surface area contributed by atoms with Gasteiger partial charge in [0.2, 0.25) is 0 Å². The average molecular weight is 384 g/mol. The zero-order chi connectivity index (χ0) is 13.8. The van der Waals surface area contributed by atoms with Crippen molar-refractivity contribution in [1.82, 2.24) is 0 Å². The molecule has 4 heteroatoms. The minimum atomic E-state index is -0.304. The molecule has 98 valence electrons. The van der Waals surface area contributed by atoms with Crippen LogP contribution in [0.5, 0.6) is 0 Å². The maximum absolute atomic E-state index is 11.3. The number of hydrogen-bond donors (Lipinski definition) is 0. The molecule has 0 N–H and O–H groups in total. The fourth-order valence-corrected chi connectivity index (χ4v) is 2.85. The van der Waals surface area contributed by atoms with Crippen molar-refractivity contribution < 1.29 is 9.53 Å². The van der Waals surface area contributed by atoms with Crippen molar-refractivity contribution in [1.29, 1.82) is 0 Å². The molecule has 0 bridgehead atoms. The first-order valence-corrected chi connectivity index (χ1v) is 7.62. The second-order valence-corrected chi connectivity index (χ2v) is 6.34. The zero-order valence-corrected chi connectivity index (χ0v) is 13.6. The number of ether oxygens (including phenoxy) is 1. The first kappa shape index (κ1) is 14.4. The second kappa shape index (κ2) is 6.43. The van der Waals surface area contributed by atoms with Crippen LogP contribution < -0.4 is 0 Å². The zero-order valence-electron chi connectivity index (χ0n) is 10.6. The molecule has 0 spiro atoms. The Bertz CT molecular complexity index is 594. The van der Waals surface area contributed by atoms with Crippen molar-refractivity contribution in [3.05, 3.63) is 57.2 Å². The smallest absolute Gasteiger partial charge is 0.337 e. The predicted octanol–water partition coefficient (Wildman–Crippen LogP) is 4.54. The molecule has 0 aliphatic heterocycles. The first-order chi connectivity index (χ1) is 9.10. The van der Waals surface area contributed by atoms with Gasteiger partial charge in [0.25, 0.3) is 0 Å². The minimum Gasteiger partial charge on any atom is -0.465 e. The number of halogens is 1. The molecule has 2 rings (SSSR count). The van der Waals surface area contributed by atoms with Gasteiger partial charge in [0.1, 0.15) is 0 Å². The van der Waals surface area contributed by atoms with Crippen molar-refractivity contribution in [2.75, 3.05) is 7.11 Å². The molecule has 2 nitrogen and oxygen atoms in total. The molecule has 0 saturated carbocycles. The summed E-state index contributed by atoms with van der Waals surface area (Å²) in [7, 11) is 1.39. The second-order valence-electron chi connectivity index (χ2n) is 4.03. The molecule has 2 aromatic carbocycles. The summed E-state index contributed by atoms with van der Waals surface area (Å²) in [4.78, 5) is 13.6. The van der Waals surface area contributed by atoms with Crippen molar-refractivity contribution in [3.8, 4) is 0 Å². The van der Waals surface area contributed by atoms with E-state index < -0.39 is 0 Å². The lowest BCUT2D eigenvalue weighted by Crippen LogP contribution is -2.00. The maximum Gasteiger partial charge on any atom is 0.337 e. The summed E-state index contributed by atoms with van der Waals surface area (Å²) >= 11 is 4.01. The fraction of sp³-hybridized carbons (Fsp3) is 0.133. The largest absolute Gasteiger partial charge is 0.465 e. The highest BCUT2D eigenvalue weighted by atomic mass is 127.